The predicted octanol–water partition coefficient (Wildman–Crippen LogP) is 9.58. The van der Waals surface area contributed by atoms with Gasteiger partial charge in [-0.1, -0.05) is 57.3 Å². The maximum atomic E-state index is 6.29. The average Bonchev–Trinajstić information content (AvgIpc) is 3.33. The van der Waals surface area contributed by atoms with Crippen molar-refractivity contribution in [3.05, 3.63) is 115 Å². The van der Waals surface area contributed by atoms with Gasteiger partial charge in [-0.3, -0.25) is 4.99 Å². The lowest BCUT2D eigenvalue weighted by atomic mass is 10.0. The van der Waals surface area contributed by atoms with E-state index in [-0.39, 0.29) is 0 Å². The molecule has 0 aliphatic carbocycles. The molecule has 0 spiro atoms. The van der Waals surface area contributed by atoms with E-state index in [1.54, 1.807) is 17.4 Å². The van der Waals surface area contributed by atoms with Crippen LogP contribution in [0, 0.1) is 0 Å². The minimum Gasteiger partial charge on any atom is -0.349 e. The van der Waals surface area contributed by atoms with Crippen molar-refractivity contribution in [3.8, 4) is 0 Å². The molecule has 39 heavy (non-hydrogen) atoms. The van der Waals surface area contributed by atoms with Gasteiger partial charge in [0.25, 0.3) is 0 Å². The van der Waals surface area contributed by atoms with Gasteiger partial charge >= 0.3 is 0 Å². The molecule has 2 aliphatic rings. The third-order valence-corrected chi connectivity index (χ3v) is 9.05. The fourth-order valence-electron chi connectivity index (χ4n) is 5.18. The molecule has 192 valence electrons. The first-order valence-electron chi connectivity index (χ1n) is 12.5. The minimum atomic E-state index is 0.620. The van der Waals surface area contributed by atoms with E-state index in [4.69, 9.17) is 33.2 Å². The van der Waals surface area contributed by atoms with Crippen molar-refractivity contribution < 1.29 is 0 Å². The number of fused-ring (bicyclic) bond motifs is 7. The molecule has 7 rings (SSSR count). The summed E-state index contributed by atoms with van der Waals surface area (Å²) in [6, 6.07) is 24.8. The molecule has 0 atom stereocenters. The molecule has 4 aromatic carbocycles. The number of aromatic nitrogens is 1. The standard InChI is InChI=1S/C31H21BrCl2N4S/c32-23-4-9-29-22(12-23)17-38-18-37(29)16-21-11-19(1-8-28(21)38)15-35-25-6-7-27-30(14-25)39-31(36-27)10-3-20-2-5-24(33)13-26(20)34/h1-15H,16-18H2/b10-3+,35-15?. The van der Waals surface area contributed by atoms with Gasteiger partial charge in [0.05, 0.1) is 22.6 Å². The lowest BCUT2D eigenvalue weighted by molar-refractivity contribution is 0.650. The van der Waals surface area contributed by atoms with E-state index in [1.165, 1.54) is 22.5 Å². The number of benzene rings is 4. The summed E-state index contributed by atoms with van der Waals surface area (Å²) in [4.78, 5) is 14.4. The lowest BCUT2D eigenvalue weighted by Gasteiger charge is -2.44. The molecule has 8 heteroatoms. The molecular weight excluding hydrogens is 611 g/mol. The lowest BCUT2D eigenvalue weighted by Crippen LogP contribution is -2.46. The number of rotatable bonds is 4. The van der Waals surface area contributed by atoms with Gasteiger partial charge in [0.2, 0.25) is 0 Å². The first-order valence-corrected chi connectivity index (χ1v) is 14.8. The molecular formula is C31H21BrCl2N4S. The van der Waals surface area contributed by atoms with E-state index in [9.17, 15) is 0 Å². The third-order valence-electron chi connectivity index (χ3n) is 7.01. The van der Waals surface area contributed by atoms with Gasteiger partial charge in [-0.25, -0.2) is 4.98 Å². The molecule has 1 aromatic heterocycles. The van der Waals surface area contributed by atoms with Crippen LogP contribution in [-0.4, -0.2) is 17.9 Å². The van der Waals surface area contributed by atoms with E-state index in [0.717, 1.165) is 56.3 Å². The van der Waals surface area contributed by atoms with Gasteiger partial charge in [0.15, 0.2) is 0 Å². The van der Waals surface area contributed by atoms with E-state index in [0.29, 0.717) is 10.0 Å². The molecule has 5 aromatic rings. The van der Waals surface area contributed by atoms with Gasteiger partial charge in [-0.05, 0) is 89.0 Å². The van der Waals surface area contributed by atoms with Crippen molar-refractivity contribution in [2.24, 2.45) is 4.99 Å². The number of halogens is 3. The zero-order valence-corrected chi connectivity index (χ0v) is 24.5. The highest BCUT2D eigenvalue weighted by molar-refractivity contribution is 9.10. The molecule has 0 saturated carbocycles. The number of aliphatic imine (C=N–C) groups is 1. The highest BCUT2D eigenvalue weighted by Crippen LogP contribution is 2.39. The van der Waals surface area contributed by atoms with Gasteiger partial charge < -0.3 is 9.80 Å². The van der Waals surface area contributed by atoms with E-state index < -0.39 is 0 Å². The number of hydrogen-bond acceptors (Lipinski definition) is 5. The molecule has 0 fully saturated rings. The SMILES string of the molecule is Clc1ccc(/C=C/c2nc3ccc(N=Cc4ccc5c(c4)CN4CN5Cc5cc(Br)ccc54)cc3s2)c(Cl)c1. The number of nitrogens with zero attached hydrogens (tertiary/aromatic N) is 4. The average molecular weight is 632 g/mol. The zero-order valence-electron chi connectivity index (χ0n) is 20.6. The molecule has 0 radical (unpaired) electrons. The van der Waals surface area contributed by atoms with Crippen molar-refractivity contribution in [3.63, 3.8) is 0 Å². The van der Waals surface area contributed by atoms with Crippen LogP contribution in [0.1, 0.15) is 27.3 Å². The van der Waals surface area contributed by atoms with Crippen LogP contribution in [-0.2, 0) is 13.1 Å². The van der Waals surface area contributed by atoms with Crippen molar-refractivity contribution in [1.82, 2.24) is 4.98 Å². The Morgan fingerprint density at radius 2 is 1.64 bits per heavy atom. The van der Waals surface area contributed by atoms with Crippen LogP contribution in [0.3, 0.4) is 0 Å². The summed E-state index contributed by atoms with van der Waals surface area (Å²) in [5.41, 5.74) is 9.18. The van der Waals surface area contributed by atoms with Crippen LogP contribution < -0.4 is 9.80 Å². The molecule has 2 bridgehead atoms. The van der Waals surface area contributed by atoms with Crippen molar-refractivity contribution in [2.45, 2.75) is 13.1 Å². The second kappa shape index (κ2) is 10.1. The second-order valence-electron chi connectivity index (χ2n) is 9.66. The summed E-state index contributed by atoms with van der Waals surface area (Å²) in [6.45, 7) is 2.74. The molecule has 0 amide bonds. The van der Waals surface area contributed by atoms with Crippen LogP contribution in [0.25, 0.3) is 22.4 Å². The van der Waals surface area contributed by atoms with Gasteiger partial charge in [0, 0.05) is 45.2 Å². The molecule has 0 unspecified atom stereocenters. The Balaban J connectivity index is 1.10. The van der Waals surface area contributed by atoms with E-state index in [1.807, 2.05) is 42.6 Å². The summed E-state index contributed by atoms with van der Waals surface area (Å²) in [5, 5.41) is 2.16. The maximum absolute atomic E-state index is 6.29. The van der Waals surface area contributed by atoms with E-state index in [2.05, 4.69) is 68.2 Å². The fraction of sp³-hybridized carbons (Fsp3) is 0.0968. The van der Waals surface area contributed by atoms with Crippen LogP contribution in [0.15, 0.2) is 82.3 Å². The summed E-state index contributed by atoms with van der Waals surface area (Å²) < 4.78 is 2.22. The van der Waals surface area contributed by atoms with Crippen molar-refractivity contribution in [1.29, 1.82) is 0 Å². The molecule has 3 heterocycles. The Kier molecular flexibility index (Phi) is 6.44. The number of anilines is 2. The van der Waals surface area contributed by atoms with Crippen LogP contribution in [0.2, 0.25) is 10.0 Å². The second-order valence-corrected chi connectivity index (χ2v) is 12.5. The van der Waals surface area contributed by atoms with Crippen LogP contribution in [0.5, 0.6) is 0 Å². The predicted molar refractivity (Wildman–Crippen MR) is 170 cm³/mol. The highest BCUT2D eigenvalue weighted by Gasteiger charge is 2.29. The Morgan fingerprint density at radius 3 is 2.46 bits per heavy atom. The first-order chi connectivity index (χ1) is 19.0. The molecule has 0 saturated heterocycles. The minimum absolute atomic E-state index is 0.620. The van der Waals surface area contributed by atoms with Crippen molar-refractivity contribution in [2.75, 3.05) is 16.5 Å². The summed E-state index contributed by atoms with van der Waals surface area (Å²) in [6.07, 6.45) is 5.89. The number of thiazole rings is 1. The Hall–Kier alpha value is -3.16. The maximum Gasteiger partial charge on any atom is 0.117 e. The Bertz CT molecular complexity index is 1810. The van der Waals surface area contributed by atoms with Crippen LogP contribution >= 0.6 is 50.5 Å². The highest BCUT2D eigenvalue weighted by atomic mass is 79.9. The van der Waals surface area contributed by atoms with Crippen molar-refractivity contribution >= 4 is 96.1 Å². The quantitative estimate of drug-likeness (QED) is 0.185. The zero-order chi connectivity index (χ0) is 26.5. The van der Waals surface area contributed by atoms with Gasteiger partial charge in [0.1, 0.15) is 5.01 Å². The van der Waals surface area contributed by atoms with E-state index >= 15 is 0 Å². The van der Waals surface area contributed by atoms with Gasteiger partial charge in [-0.2, -0.15) is 0 Å². The summed E-state index contributed by atoms with van der Waals surface area (Å²) in [5.74, 6) is 0. The Labute approximate surface area is 249 Å². The summed E-state index contributed by atoms with van der Waals surface area (Å²) in [7, 11) is 0. The monoisotopic (exact) mass is 630 g/mol. The van der Waals surface area contributed by atoms with Gasteiger partial charge in [-0.15, -0.1) is 11.3 Å². The Morgan fingerprint density at radius 1 is 0.846 bits per heavy atom. The largest absolute Gasteiger partial charge is 0.349 e. The smallest absolute Gasteiger partial charge is 0.117 e. The first kappa shape index (κ1) is 24.9. The topological polar surface area (TPSA) is 31.7 Å². The molecule has 0 N–H and O–H groups in total. The number of hydrogen-bond donors (Lipinski definition) is 0. The summed E-state index contributed by atoms with van der Waals surface area (Å²) >= 11 is 17.5. The molecule has 2 aliphatic heterocycles. The fourth-order valence-corrected chi connectivity index (χ4v) is 6.96. The van der Waals surface area contributed by atoms with Crippen LogP contribution in [0.4, 0.5) is 17.1 Å². The molecule has 4 nitrogen and oxygen atoms in total. The normalized spacial score (nSPS) is 14.4. The third kappa shape index (κ3) is 4.98.